The lowest BCUT2D eigenvalue weighted by Crippen LogP contribution is -2.26. The lowest BCUT2D eigenvalue weighted by molar-refractivity contribution is -0.129. The second kappa shape index (κ2) is 3.96. The van der Waals surface area contributed by atoms with Gasteiger partial charge in [-0.05, 0) is 18.6 Å². The zero-order valence-electron chi connectivity index (χ0n) is 7.84. The summed E-state index contributed by atoms with van der Waals surface area (Å²) < 4.78 is 37.7. The number of hydrogen-bond donors (Lipinski definition) is 1. The Hall–Kier alpha value is -0.840. The molecule has 1 nitrogen and oxygen atoms in total. The van der Waals surface area contributed by atoms with Gasteiger partial charge in [0, 0.05) is 17.1 Å². The van der Waals surface area contributed by atoms with Crippen LogP contribution in [0.1, 0.15) is 6.42 Å². The number of alkyl halides is 3. The molecule has 15 heavy (non-hydrogen) atoms. The summed E-state index contributed by atoms with van der Waals surface area (Å²) in [6.45, 7) is 0.369. The van der Waals surface area contributed by atoms with E-state index in [1.165, 1.54) is 0 Å². The summed E-state index contributed by atoms with van der Waals surface area (Å²) in [6.07, 6.45) is -4.01. The molecule has 82 valence electrons. The minimum atomic E-state index is -4.12. The maximum absolute atomic E-state index is 12.6. The van der Waals surface area contributed by atoms with Gasteiger partial charge in [0.25, 0.3) is 0 Å². The van der Waals surface area contributed by atoms with Crippen LogP contribution in [0, 0.1) is 0 Å². The Morgan fingerprint density at radius 2 is 2.00 bits per heavy atom. The van der Waals surface area contributed by atoms with Crippen LogP contribution in [0.4, 0.5) is 18.9 Å². The summed E-state index contributed by atoms with van der Waals surface area (Å²) >= 11 is 0.897. The van der Waals surface area contributed by atoms with Gasteiger partial charge in [-0.15, -0.1) is 11.8 Å². The minimum absolute atomic E-state index is 0.114. The van der Waals surface area contributed by atoms with E-state index in [2.05, 4.69) is 5.32 Å². The summed E-state index contributed by atoms with van der Waals surface area (Å²) in [6, 6.07) is 7.10. The van der Waals surface area contributed by atoms with E-state index in [4.69, 9.17) is 0 Å². The SMILES string of the molecule is FC(F)(F)C1CCNc2ccccc2S1. The van der Waals surface area contributed by atoms with E-state index in [9.17, 15) is 13.2 Å². The zero-order valence-corrected chi connectivity index (χ0v) is 8.66. The predicted octanol–water partition coefficient (Wildman–Crippen LogP) is 3.53. The third-order valence-corrected chi connectivity index (χ3v) is 3.64. The molecule has 1 unspecified atom stereocenters. The first-order valence-electron chi connectivity index (χ1n) is 4.63. The van der Waals surface area contributed by atoms with Crippen molar-refractivity contribution in [3.8, 4) is 0 Å². The largest absolute Gasteiger partial charge is 0.400 e. The summed E-state index contributed by atoms with van der Waals surface area (Å²) in [5.41, 5.74) is 0.800. The molecule has 1 aliphatic heterocycles. The molecule has 0 amide bonds. The molecule has 1 aromatic carbocycles. The number of benzene rings is 1. The van der Waals surface area contributed by atoms with Gasteiger partial charge >= 0.3 is 6.18 Å². The van der Waals surface area contributed by atoms with Crippen LogP contribution in [0.25, 0.3) is 0 Å². The highest BCUT2D eigenvalue weighted by molar-refractivity contribution is 8.00. The first-order valence-corrected chi connectivity index (χ1v) is 5.51. The highest BCUT2D eigenvalue weighted by Gasteiger charge is 2.41. The average Bonchev–Trinajstić information content (AvgIpc) is 2.38. The first-order chi connectivity index (χ1) is 7.07. The molecule has 1 atom stereocenters. The Morgan fingerprint density at radius 1 is 1.27 bits per heavy atom. The van der Waals surface area contributed by atoms with Crippen LogP contribution in [0.3, 0.4) is 0 Å². The Labute approximate surface area is 90.1 Å². The Bertz CT molecular complexity index is 351. The molecule has 0 aliphatic carbocycles. The van der Waals surface area contributed by atoms with Crippen molar-refractivity contribution in [1.82, 2.24) is 0 Å². The molecule has 1 heterocycles. The normalized spacial score (nSPS) is 21.4. The maximum Gasteiger partial charge on any atom is 0.400 e. The van der Waals surface area contributed by atoms with E-state index in [-0.39, 0.29) is 6.42 Å². The molecule has 1 aromatic rings. The van der Waals surface area contributed by atoms with Crippen molar-refractivity contribution >= 4 is 17.4 Å². The Balaban J connectivity index is 2.25. The lowest BCUT2D eigenvalue weighted by atomic mass is 10.3. The molecule has 1 aliphatic rings. The molecule has 0 spiro atoms. The van der Waals surface area contributed by atoms with E-state index >= 15 is 0 Å². The predicted molar refractivity (Wildman–Crippen MR) is 55.2 cm³/mol. The van der Waals surface area contributed by atoms with Gasteiger partial charge in [0.2, 0.25) is 0 Å². The van der Waals surface area contributed by atoms with Gasteiger partial charge < -0.3 is 5.32 Å². The smallest absolute Gasteiger partial charge is 0.384 e. The molecule has 2 rings (SSSR count). The molecule has 0 saturated carbocycles. The van der Waals surface area contributed by atoms with Crippen LogP contribution in [-0.2, 0) is 0 Å². The number of hydrogen-bond acceptors (Lipinski definition) is 2. The molecule has 5 heteroatoms. The fourth-order valence-corrected chi connectivity index (χ4v) is 2.60. The van der Waals surface area contributed by atoms with E-state index in [0.717, 1.165) is 17.4 Å². The minimum Gasteiger partial charge on any atom is -0.384 e. The number of thioether (sulfide) groups is 1. The number of halogens is 3. The van der Waals surface area contributed by atoms with Gasteiger partial charge in [-0.25, -0.2) is 0 Å². The zero-order chi connectivity index (χ0) is 10.9. The van der Waals surface area contributed by atoms with Crippen molar-refractivity contribution in [1.29, 1.82) is 0 Å². The van der Waals surface area contributed by atoms with E-state index < -0.39 is 11.4 Å². The second-order valence-corrected chi connectivity index (χ2v) is 4.60. The van der Waals surface area contributed by atoms with Gasteiger partial charge in [0.05, 0.1) is 0 Å². The molecule has 0 radical (unpaired) electrons. The Kier molecular flexibility index (Phi) is 2.82. The third kappa shape index (κ3) is 2.40. The number of fused-ring (bicyclic) bond motifs is 1. The summed E-state index contributed by atoms with van der Waals surface area (Å²) in [7, 11) is 0. The van der Waals surface area contributed by atoms with E-state index in [1.807, 2.05) is 6.07 Å². The van der Waals surface area contributed by atoms with Crippen molar-refractivity contribution in [3.05, 3.63) is 24.3 Å². The quantitative estimate of drug-likeness (QED) is 0.735. The van der Waals surface area contributed by atoms with Gasteiger partial charge in [-0.1, -0.05) is 12.1 Å². The number of anilines is 1. The van der Waals surface area contributed by atoms with Gasteiger partial charge in [0.1, 0.15) is 5.25 Å². The Morgan fingerprint density at radius 3 is 2.73 bits per heavy atom. The standard InChI is InChI=1S/C10H10F3NS/c11-10(12,13)9-5-6-14-7-3-1-2-4-8(7)15-9/h1-4,9,14H,5-6H2. The van der Waals surface area contributed by atoms with Crippen LogP contribution < -0.4 is 5.32 Å². The van der Waals surface area contributed by atoms with Crippen LogP contribution in [0.5, 0.6) is 0 Å². The van der Waals surface area contributed by atoms with Crippen LogP contribution >= 0.6 is 11.8 Å². The molecule has 0 fully saturated rings. The monoisotopic (exact) mass is 233 g/mol. The van der Waals surface area contributed by atoms with Crippen molar-refractivity contribution in [2.24, 2.45) is 0 Å². The topological polar surface area (TPSA) is 12.0 Å². The first kappa shape index (κ1) is 10.7. The number of nitrogens with one attached hydrogen (secondary N) is 1. The lowest BCUT2D eigenvalue weighted by Gasteiger charge is -2.16. The molecular weight excluding hydrogens is 223 g/mol. The highest BCUT2D eigenvalue weighted by Crippen LogP contribution is 2.41. The summed E-state index contributed by atoms with van der Waals surface area (Å²) in [5, 5.41) is 1.71. The van der Waals surface area contributed by atoms with Crippen molar-refractivity contribution < 1.29 is 13.2 Å². The van der Waals surface area contributed by atoms with Gasteiger partial charge in [0.15, 0.2) is 0 Å². The molecule has 0 aromatic heterocycles. The average molecular weight is 233 g/mol. The number of para-hydroxylation sites is 1. The van der Waals surface area contributed by atoms with Crippen molar-refractivity contribution in [3.63, 3.8) is 0 Å². The molecular formula is C10H10F3NS. The van der Waals surface area contributed by atoms with Crippen LogP contribution in [0.15, 0.2) is 29.2 Å². The summed E-state index contributed by atoms with van der Waals surface area (Å²) in [5.74, 6) is 0. The molecule has 0 bridgehead atoms. The highest BCUT2D eigenvalue weighted by atomic mass is 32.2. The van der Waals surface area contributed by atoms with Gasteiger partial charge in [-0.3, -0.25) is 0 Å². The van der Waals surface area contributed by atoms with Crippen molar-refractivity contribution in [2.75, 3.05) is 11.9 Å². The molecule has 1 N–H and O–H groups in total. The van der Waals surface area contributed by atoms with E-state index in [0.29, 0.717) is 11.4 Å². The fourth-order valence-electron chi connectivity index (χ4n) is 1.50. The second-order valence-electron chi connectivity index (χ2n) is 3.36. The fraction of sp³-hybridized carbons (Fsp3) is 0.400. The number of rotatable bonds is 0. The third-order valence-electron chi connectivity index (χ3n) is 2.24. The van der Waals surface area contributed by atoms with E-state index in [1.54, 1.807) is 18.2 Å². The molecule has 0 saturated heterocycles. The van der Waals surface area contributed by atoms with Crippen LogP contribution in [-0.4, -0.2) is 18.0 Å². The van der Waals surface area contributed by atoms with Crippen LogP contribution in [0.2, 0.25) is 0 Å². The summed E-state index contributed by atoms with van der Waals surface area (Å²) in [4.78, 5) is 0.678. The van der Waals surface area contributed by atoms with Gasteiger partial charge in [-0.2, -0.15) is 13.2 Å². The maximum atomic E-state index is 12.6. The van der Waals surface area contributed by atoms with Crippen molar-refractivity contribution in [2.45, 2.75) is 22.7 Å².